The van der Waals surface area contributed by atoms with Gasteiger partial charge in [-0.2, -0.15) is 18.2 Å². The SMILES string of the molecule is FC(F)(F)C1(c2nc(C3CC4CCC3C4)no2)CCNC1. The molecular formula is C14H18F3N3O. The van der Waals surface area contributed by atoms with Gasteiger partial charge in [-0.15, -0.1) is 0 Å². The fraction of sp³-hybridized carbons (Fsp3) is 0.857. The molecule has 1 N–H and O–H groups in total. The van der Waals surface area contributed by atoms with Crippen LogP contribution in [-0.2, 0) is 5.41 Å². The third kappa shape index (κ3) is 1.93. The molecule has 4 unspecified atom stereocenters. The van der Waals surface area contributed by atoms with Crippen LogP contribution in [0.4, 0.5) is 13.2 Å². The lowest BCUT2D eigenvalue weighted by atomic mass is 9.85. The van der Waals surface area contributed by atoms with Crippen molar-refractivity contribution < 1.29 is 17.7 Å². The van der Waals surface area contributed by atoms with Gasteiger partial charge in [0.15, 0.2) is 11.2 Å². The number of halogens is 3. The molecule has 1 saturated heterocycles. The van der Waals surface area contributed by atoms with Crippen LogP contribution in [0.3, 0.4) is 0 Å². The van der Waals surface area contributed by atoms with Crippen molar-refractivity contribution >= 4 is 0 Å². The van der Waals surface area contributed by atoms with Crippen LogP contribution in [0, 0.1) is 11.8 Å². The van der Waals surface area contributed by atoms with E-state index in [9.17, 15) is 13.2 Å². The van der Waals surface area contributed by atoms with E-state index in [1.807, 2.05) is 0 Å². The standard InChI is InChI=1S/C14H18F3N3O/c15-14(16,17)13(3-4-18-7-13)12-19-11(20-21-12)10-6-8-1-2-9(10)5-8/h8-10,18H,1-7H2. The van der Waals surface area contributed by atoms with Crippen molar-refractivity contribution in [2.45, 2.75) is 49.6 Å². The molecule has 2 aliphatic carbocycles. The second kappa shape index (κ2) is 4.44. The van der Waals surface area contributed by atoms with Crippen LogP contribution in [0.5, 0.6) is 0 Å². The summed E-state index contributed by atoms with van der Waals surface area (Å²) in [6, 6.07) is 0. The molecule has 0 spiro atoms. The Morgan fingerprint density at radius 3 is 2.67 bits per heavy atom. The van der Waals surface area contributed by atoms with E-state index in [0.29, 0.717) is 24.2 Å². The molecule has 7 heteroatoms. The molecule has 0 radical (unpaired) electrons. The summed E-state index contributed by atoms with van der Waals surface area (Å²) in [7, 11) is 0. The van der Waals surface area contributed by atoms with Crippen LogP contribution in [0.2, 0.25) is 0 Å². The van der Waals surface area contributed by atoms with Gasteiger partial charge < -0.3 is 9.84 Å². The van der Waals surface area contributed by atoms with E-state index in [-0.39, 0.29) is 24.8 Å². The van der Waals surface area contributed by atoms with Gasteiger partial charge >= 0.3 is 6.18 Å². The molecule has 0 amide bonds. The predicted octanol–water partition coefficient (Wildman–Crippen LogP) is 2.77. The van der Waals surface area contributed by atoms with Gasteiger partial charge in [0.05, 0.1) is 0 Å². The highest BCUT2D eigenvalue weighted by Gasteiger charge is 2.61. The molecule has 21 heavy (non-hydrogen) atoms. The average molecular weight is 301 g/mol. The van der Waals surface area contributed by atoms with Crippen LogP contribution in [0.25, 0.3) is 0 Å². The van der Waals surface area contributed by atoms with Gasteiger partial charge in [0.25, 0.3) is 0 Å². The van der Waals surface area contributed by atoms with Crippen molar-refractivity contribution in [3.05, 3.63) is 11.7 Å². The zero-order chi connectivity index (χ0) is 14.7. The lowest BCUT2D eigenvalue weighted by Crippen LogP contribution is -2.44. The average Bonchev–Trinajstić information content (AvgIpc) is 3.20. The normalized spacial score (nSPS) is 39.3. The molecule has 3 aliphatic rings. The maximum atomic E-state index is 13.5. The number of nitrogens with zero attached hydrogens (tertiary/aromatic N) is 2. The van der Waals surface area contributed by atoms with Gasteiger partial charge in [-0.05, 0) is 44.1 Å². The van der Waals surface area contributed by atoms with Crippen molar-refractivity contribution in [2.24, 2.45) is 11.8 Å². The molecule has 116 valence electrons. The fourth-order valence-corrected chi connectivity index (χ4v) is 4.38. The van der Waals surface area contributed by atoms with Crippen molar-refractivity contribution in [1.82, 2.24) is 15.5 Å². The third-order valence-corrected chi connectivity index (χ3v) is 5.62. The molecule has 2 bridgehead atoms. The van der Waals surface area contributed by atoms with Crippen LogP contribution >= 0.6 is 0 Å². The Labute approximate surface area is 120 Å². The fourth-order valence-electron chi connectivity index (χ4n) is 4.38. The first-order valence-corrected chi connectivity index (χ1v) is 7.61. The minimum atomic E-state index is -4.37. The Balaban J connectivity index is 1.64. The van der Waals surface area contributed by atoms with Gasteiger partial charge in [-0.3, -0.25) is 0 Å². The summed E-state index contributed by atoms with van der Waals surface area (Å²) in [4.78, 5) is 4.19. The summed E-state index contributed by atoms with van der Waals surface area (Å²) in [6.07, 6.45) is 0.152. The van der Waals surface area contributed by atoms with Gasteiger partial charge in [-0.1, -0.05) is 11.6 Å². The molecule has 0 aromatic carbocycles. The Bertz CT molecular complexity index is 536. The molecule has 4 rings (SSSR count). The van der Waals surface area contributed by atoms with Crippen molar-refractivity contribution in [2.75, 3.05) is 13.1 Å². The number of hydrogen-bond acceptors (Lipinski definition) is 4. The van der Waals surface area contributed by atoms with Crippen molar-refractivity contribution in [3.8, 4) is 0 Å². The lowest BCUT2D eigenvalue weighted by molar-refractivity contribution is -0.191. The summed E-state index contributed by atoms with van der Waals surface area (Å²) < 4.78 is 45.5. The highest BCUT2D eigenvalue weighted by Crippen LogP contribution is 2.53. The summed E-state index contributed by atoms with van der Waals surface area (Å²) >= 11 is 0. The quantitative estimate of drug-likeness (QED) is 0.912. The van der Waals surface area contributed by atoms with Gasteiger partial charge in [0, 0.05) is 12.5 Å². The van der Waals surface area contributed by atoms with E-state index >= 15 is 0 Å². The predicted molar refractivity (Wildman–Crippen MR) is 67.7 cm³/mol. The number of nitrogens with one attached hydrogen (secondary N) is 1. The first-order chi connectivity index (χ1) is 9.99. The highest BCUT2D eigenvalue weighted by molar-refractivity contribution is 5.16. The zero-order valence-corrected chi connectivity index (χ0v) is 11.6. The first kappa shape index (κ1) is 13.5. The molecule has 4 nitrogen and oxygen atoms in total. The number of rotatable bonds is 2. The smallest absolute Gasteiger partial charge is 0.338 e. The van der Waals surface area contributed by atoms with Crippen molar-refractivity contribution in [1.29, 1.82) is 0 Å². The molecule has 4 atom stereocenters. The largest absolute Gasteiger partial charge is 0.404 e. The maximum Gasteiger partial charge on any atom is 0.404 e. The van der Waals surface area contributed by atoms with E-state index in [0.717, 1.165) is 12.8 Å². The first-order valence-electron chi connectivity index (χ1n) is 7.61. The second-order valence-corrected chi connectivity index (χ2v) is 6.75. The molecule has 2 heterocycles. The Morgan fingerprint density at radius 1 is 1.24 bits per heavy atom. The number of hydrogen-bond donors (Lipinski definition) is 1. The minimum Gasteiger partial charge on any atom is -0.338 e. The summed E-state index contributed by atoms with van der Waals surface area (Å²) in [6.45, 7) is 0.153. The highest BCUT2D eigenvalue weighted by atomic mass is 19.4. The summed E-state index contributed by atoms with van der Waals surface area (Å²) in [5.74, 6) is 1.67. The van der Waals surface area contributed by atoms with E-state index in [2.05, 4.69) is 15.5 Å². The number of aromatic nitrogens is 2. The lowest BCUT2D eigenvalue weighted by Gasteiger charge is -2.26. The maximum absolute atomic E-state index is 13.5. The van der Waals surface area contributed by atoms with Crippen molar-refractivity contribution in [3.63, 3.8) is 0 Å². The van der Waals surface area contributed by atoms with Gasteiger partial charge in [-0.25, -0.2) is 0 Å². The van der Waals surface area contributed by atoms with E-state index in [1.54, 1.807) is 0 Å². The molecule has 1 aromatic heterocycles. The molecule has 1 aliphatic heterocycles. The molecule has 1 aromatic rings. The third-order valence-electron chi connectivity index (χ3n) is 5.62. The Morgan fingerprint density at radius 2 is 2.10 bits per heavy atom. The van der Waals surface area contributed by atoms with E-state index in [1.165, 1.54) is 12.8 Å². The number of alkyl halides is 3. The molecule has 2 saturated carbocycles. The second-order valence-electron chi connectivity index (χ2n) is 6.75. The van der Waals surface area contributed by atoms with Gasteiger partial charge in [0.1, 0.15) is 0 Å². The minimum absolute atomic E-state index is 0.0329. The topological polar surface area (TPSA) is 51.0 Å². The molecular weight excluding hydrogens is 283 g/mol. The van der Waals surface area contributed by atoms with E-state index < -0.39 is 11.6 Å². The van der Waals surface area contributed by atoms with Crippen LogP contribution in [-0.4, -0.2) is 29.4 Å². The van der Waals surface area contributed by atoms with Crippen LogP contribution in [0.15, 0.2) is 4.52 Å². The zero-order valence-electron chi connectivity index (χ0n) is 11.6. The summed E-state index contributed by atoms with van der Waals surface area (Å²) in [5, 5.41) is 6.68. The Hall–Kier alpha value is -1.11. The van der Waals surface area contributed by atoms with E-state index in [4.69, 9.17) is 4.52 Å². The monoisotopic (exact) mass is 301 g/mol. The van der Waals surface area contributed by atoms with Crippen LogP contribution < -0.4 is 5.32 Å². The van der Waals surface area contributed by atoms with Crippen LogP contribution in [0.1, 0.15) is 49.7 Å². The summed E-state index contributed by atoms with van der Waals surface area (Å²) in [5.41, 5.74) is -2.00. The Kier molecular flexibility index (Phi) is 2.87. The number of fused-ring (bicyclic) bond motifs is 2. The van der Waals surface area contributed by atoms with Gasteiger partial charge in [0.2, 0.25) is 5.89 Å². The molecule has 3 fully saturated rings.